The number of benzene rings is 11. The van der Waals surface area contributed by atoms with E-state index in [0.717, 1.165) is 55.7 Å². The fourth-order valence-electron chi connectivity index (χ4n) is 10.5. The van der Waals surface area contributed by atoms with Gasteiger partial charge in [0.05, 0.1) is 0 Å². The van der Waals surface area contributed by atoms with Crippen LogP contribution in [0.3, 0.4) is 0 Å². The Hall–Kier alpha value is -8.99. The molecular formula is C63H37N3O. The molecule has 0 saturated heterocycles. The first kappa shape index (κ1) is 37.4. The molecule has 0 atom stereocenters. The SMILES string of the molecule is c1ccc(-c2nc(-c3ccc(-c4cc5ccccc5o4)cc3)nc(-c3cccc(-c4ccccc4-c4cc5ccc6cccc7c8cccc9ccc%10cccc(c(c4)c5c67)c%10c98)c3)n2)cc1. The lowest BCUT2D eigenvalue weighted by molar-refractivity contribution is 0.631. The van der Waals surface area contributed by atoms with Gasteiger partial charge in [0.25, 0.3) is 0 Å². The second kappa shape index (κ2) is 14.8. The molecule has 0 saturated carbocycles. The van der Waals surface area contributed by atoms with Crippen LogP contribution in [0.2, 0.25) is 0 Å². The Labute approximate surface area is 385 Å². The lowest BCUT2D eigenvalue weighted by Crippen LogP contribution is -2.00. The van der Waals surface area contributed by atoms with Crippen molar-refractivity contribution in [2.75, 3.05) is 0 Å². The van der Waals surface area contributed by atoms with Crippen LogP contribution in [0.5, 0.6) is 0 Å². The molecule has 4 heteroatoms. The van der Waals surface area contributed by atoms with Gasteiger partial charge in [-0.2, -0.15) is 0 Å². The van der Waals surface area contributed by atoms with Crippen molar-refractivity contribution in [3.8, 4) is 67.7 Å². The summed E-state index contributed by atoms with van der Waals surface area (Å²) in [6.07, 6.45) is 0. The smallest absolute Gasteiger partial charge is 0.164 e. The maximum Gasteiger partial charge on any atom is 0.164 e. The van der Waals surface area contributed by atoms with Crippen molar-refractivity contribution >= 4 is 75.6 Å². The Morgan fingerprint density at radius 3 is 1.37 bits per heavy atom. The van der Waals surface area contributed by atoms with E-state index >= 15 is 0 Å². The van der Waals surface area contributed by atoms with Gasteiger partial charge < -0.3 is 4.42 Å². The molecule has 0 spiro atoms. The maximum atomic E-state index is 6.19. The van der Waals surface area contributed by atoms with Crippen LogP contribution in [-0.4, -0.2) is 15.0 Å². The van der Waals surface area contributed by atoms with Crippen molar-refractivity contribution in [3.05, 3.63) is 224 Å². The van der Waals surface area contributed by atoms with E-state index in [2.05, 4.69) is 176 Å². The lowest BCUT2D eigenvalue weighted by atomic mass is 9.85. The van der Waals surface area contributed by atoms with Crippen LogP contribution in [0.25, 0.3) is 143 Å². The monoisotopic (exact) mass is 851 g/mol. The average Bonchev–Trinajstić information content (AvgIpc) is 3.84. The average molecular weight is 852 g/mol. The minimum atomic E-state index is 0.603. The van der Waals surface area contributed by atoms with Gasteiger partial charge in [0, 0.05) is 27.6 Å². The summed E-state index contributed by atoms with van der Waals surface area (Å²) in [5, 5.41) is 16.3. The number of fused-ring (bicyclic) bond motifs is 3. The highest BCUT2D eigenvalue weighted by Gasteiger charge is 2.19. The number of hydrogen-bond donors (Lipinski definition) is 0. The summed E-state index contributed by atoms with van der Waals surface area (Å²) in [4.78, 5) is 15.3. The van der Waals surface area contributed by atoms with Gasteiger partial charge in [0.1, 0.15) is 11.3 Å². The molecule has 0 fully saturated rings. The van der Waals surface area contributed by atoms with E-state index < -0.39 is 0 Å². The standard InChI is InChI=1S/C63H37N3O/c1-2-12-42(13-3-1)61-64-62(43-31-26-38(27-32-43)56-37-45-14-4-7-25-55(45)67-56)66-63(65-61)47-19-8-18-44(34-47)49-20-5-6-21-50(49)48-35-46-33-30-41-16-10-23-52-51-22-9-15-39-28-29-40-17-11-24-53(59(40)57(39)51)54(36-48)60(46)58(41)52/h1-37H. The minimum Gasteiger partial charge on any atom is -0.456 e. The van der Waals surface area contributed by atoms with E-state index in [0.29, 0.717) is 17.5 Å². The fraction of sp³-hybridized carbons (Fsp3) is 0. The molecule has 2 aromatic heterocycles. The second-order valence-electron chi connectivity index (χ2n) is 17.5. The van der Waals surface area contributed by atoms with Gasteiger partial charge in [0.15, 0.2) is 17.5 Å². The third kappa shape index (κ3) is 6.04. The Bertz CT molecular complexity index is 4230. The first-order chi connectivity index (χ1) is 33.2. The summed E-state index contributed by atoms with van der Waals surface area (Å²) in [5.74, 6) is 2.65. The van der Waals surface area contributed by atoms with Gasteiger partial charge in [-0.05, 0) is 117 Å². The van der Waals surface area contributed by atoms with Crippen molar-refractivity contribution in [2.24, 2.45) is 0 Å². The van der Waals surface area contributed by atoms with Crippen LogP contribution in [0.4, 0.5) is 0 Å². The zero-order valence-corrected chi connectivity index (χ0v) is 36.1. The minimum absolute atomic E-state index is 0.603. The number of furan rings is 1. The molecule has 0 unspecified atom stereocenters. The first-order valence-corrected chi connectivity index (χ1v) is 22.7. The van der Waals surface area contributed by atoms with Crippen molar-refractivity contribution < 1.29 is 4.42 Å². The van der Waals surface area contributed by atoms with Crippen LogP contribution < -0.4 is 0 Å². The summed E-state index contributed by atoms with van der Waals surface area (Å²) >= 11 is 0. The summed E-state index contributed by atoms with van der Waals surface area (Å²) in [5.41, 5.74) is 9.12. The van der Waals surface area contributed by atoms with E-state index in [1.807, 2.05) is 48.5 Å². The largest absolute Gasteiger partial charge is 0.456 e. The van der Waals surface area contributed by atoms with Crippen molar-refractivity contribution in [3.63, 3.8) is 0 Å². The third-order valence-electron chi connectivity index (χ3n) is 13.6. The van der Waals surface area contributed by atoms with Crippen molar-refractivity contribution in [1.82, 2.24) is 15.0 Å². The zero-order chi connectivity index (χ0) is 44.0. The van der Waals surface area contributed by atoms with Gasteiger partial charge in [-0.25, -0.2) is 15.0 Å². The van der Waals surface area contributed by atoms with Crippen LogP contribution in [0.1, 0.15) is 0 Å². The van der Waals surface area contributed by atoms with Gasteiger partial charge in [0.2, 0.25) is 0 Å². The van der Waals surface area contributed by atoms with Gasteiger partial charge >= 0.3 is 0 Å². The molecule has 67 heavy (non-hydrogen) atoms. The predicted octanol–water partition coefficient (Wildman–Crippen LogP) is 17.0. The Kier molecular flexibility index (Phi) is 8.25. The zero-order valence-electron chi connectivity index (χ0n) is 36.1. The van der Waals surface area contributed by atoms with E-state index in [1.54, 1.807) is 0 Å². The fourth-order valence-corrected chi connectivity index (χ4v) is 10.5. The number of aromatic nitrogens is 3. The van der Waals surface area contributed by atoms with Crippen molar-refractivity contribution in [2.45, 2.75) is 0 Å². The normalized spacial score (nSPS) is 11.9. The van der Waals surface area contributed by atoms with Gasteiger partial charge in [-0.15, -0.1) is 0 Å². The van der Waals surface area contributed by atoms with Crippen LogP contribution in [0, 0.1) is 0 Å². The topological polar surface area (TPSA) is 51.8 Å². The Morgan fingerprint density at radius 1 is 0.254 bits per heavy atom. The quantitative estimate of drug-likeness (QED) is 0.156. The lowest BCUT2D eigenvalue weighted by Gasteiger charge is -2.18. The summed E-state index contributed by atoms with van der Waals surface area (Å²) in [6.45, 7) is 0. The first-order valence-electron chi connectivity index (χ1n) is 22.7. The molecule has 0 aliphatic heterocycles. The molecule has 0 aliphatic carbocycles. The molecule has 14 aromatic rings. The van der Waals surface area contributed by atoms with E-state index in [9.17, 15) is 0 Å². The Morgan fingerprint density at radius 2 is 0.716 bits per heavy atom. The molecule has 0 aliphatic rings. The summed E-state index contributed by atoms with van der Waals surface area (Å²) < 4.78 is 6.19. The van der Waals surface area contributed by atoms with Crippen LogP contribution in [-0.2, 0) is 0 Å². The van der Waals surface area contributed by atoms with E-state index in [1.165, 1.54) is 70.2 Å². The van der Waals surface area contributed by atoms with Crippen LogP contribution >= 0.6 is 0 Å². The molecule has 0 amide bonds. The number of rotatable bonds is 6. The number of para-hydroxylation sites is 1. The maximum absolute atomic E-state index is 6.19. The predicted molar refractivity (Wildman–Crippen MR) is 278 cm³/mol. The summed E-state index contributed by atoms with van der Waals surface area (Å²) in [7, 11) is 0. The van der Waals surface area contributed by atoms with E-state index in [4.69, 9.17) is 19.4 Å². The Balaban J connectivity index is 0.931. The number of hydrogen-bond acceptors (Lipinski definition) is 4. The molecule has 0 N–H and O–H groups in total. The van der Waals surface area contributed by atoms with Crippen molar-refractivity contribution in [1.29, 1.82) is 0 Å². The van der Waals surface area contributed by atoms with Gasteiger partial charge in [-0.1, -0.05) is 194 Å². The molecule has 4 nitrogen and oxygen atoms in total. The molecule has 12 aromatic carbocycles. The third-order valence-corrected chi connectivity index (χ3v) is 13.6. The highest BCUT2D eigenvalue weighted by Crippen LogP contribution is 2.45. The molecule has 310 valence electrons. The molecule has 2 heterocycles. The van der Waals surface area contributed by atoms with Gasteiger partial charge in [-0.3, -0.25) is 0 Å². The van der Waals surface area contributed by atoms with Crippen LogP contribution in [0.15, 0.2) is 229 Å². The molecule has 0 bridgehead atoms. The highest BCUT2D eigenvalue weighted by atomic mass is 16.3. The second-order valence-corrected chi connectivity index (χ2v) is 17.5. The van der Waals surface area contributed by atoms with E-state index in [-0.39, 0.29) is 0 Å². The summed E-state index contributed by atoms with van der Waals surface area (Å²) in [6, 6.07) is 80.2. The molecular weight excluding hydrogens is 815 g/mol. The number of nitrogens with zero attached hydrogens (tertiary/aromatic N) is 3. The highest BCUT2D eigenvalue weighted by molar-refractivity contribution is 6.37. The molecule has 0 radical (unpaired) electrons. The molecule has 14 rings (SSSR count).